The number of imidazole rings is 1. The molecule has 0 fully saturated rings. The highest BCUT2D eigenvalue weighted by Crippen LogP contribution is 2.30. The van der Waals surface area contributed by atoms with E-state index in [1.54, 1.807) is 36.9 Å². The molecule has 0 radical (unpaired) electrons. The Morgan fingerprint density at radius 3 is 2.23 bits per heavy atom. The van der Waals surface area contributed by atoms with E-state index in [-0.39, 0.29) is 16.8 Å². The van der Waals surface area contributed by atoms with Crippen molar-refractivity contribution in [3.63, 3.8) is 0 Å². The summed E-state index contributed by atoms with van der Waals surface area (Å²) in [6.45, 7) is 2.39. The first-order valence-electron chi connectivity index (χ1n) is 12.7. The van der Waals surface area contributed by atoms with Crippen molar-refractivity contribution >= 4 is 23.5 Å². The number of halogens is 1. The number of rotatable bonds is 9. The lowest BCUT2D eigenvalue weighted by atomic mass is 9.94. The summed E-state index contributed by atoms with van der Waals surface area (Å²) in [6.07, 6.45) is 2.48. The average Bonchev–Trinajstić information content (AvgIpc) is 3.25. The molecule has 0 saturated carbocycles. The molecule has 0 aliphatic carbocycles. The summed E-state index contributed by atoms with van der Waals surface area (Å²) in [7, 11) is 3.44. The molecule has 0 bridgehead atoms. The van der Waals surface area contributed by atoms with E-state index in [1.807, 2.05) is 48.5 Å². The number of aromatic nitrogens is 2. The lowest BCUT2D eigenvalue weighted by Gasteiger charge is -2.13. The number of hydrogen-bond acceptors (Lipinski definition) is 4. The molecule has 1 heterocycles. The number of carbonyl (C=O) groups excluding carboxylic acids is 1. The zero-order valence-corrected chi connectivity index (χ0v) is 22.9. The van der Waals surface area contributed by atoms with Crippen LogP contribution in [0.25, 0.3) is 22.3 Å². The Morgan fingerprint density at radius 2 is 1.64 bits per heavy atom. The minimum absolute atomic E-state index is 0.000173. The fourth-order valence-corrected chi connectivity index (χ4v) is 4.74. The molecule has 0 aliphatic rings. The maximum absolute atomic E-state index is 12.2. The van der Waals surface area contributed by atoms with Crippen molar-refractivity contribution < 1.29 is 14.7 Å². The summed E-state index contributed by atoms with van der Waals surface area (Å²) in [5.41, 5.74) is 5.55. The van der Waals surface area contributed by atoms with Crippen LogP contribution in [0.3, 0.4) is 0 Å². The van der Waals surface area contributed by atoms with Gasteiger partial charge in [0.2, 0.25) is 0 Å². The van der Waals surface area contributed by atoms with Gasteiger partial charge in [0.05, 0.1) is 11.6 Å². The second-order valence-electron chi connectivity index (χ2n) is 9.51. The van der Waals surface area contributed by atoms with Crippen LogP contribution in [0, 0.1) is 11.3 Å². The number of amides is 1. The van der Waals surface area contributed by atoms with Crippen molar-refractivity contribution in [3.8, 4) is 28.3 Å². The summed E-state index contributed by atoms with van der Waals surface area (Å²) in [6, 6.07) is 23.0. The minimum Gasteiger partial charge on any atom is -0.476 e. The number of carboxylic acids is 1. The smallest absolute Gasteiger partial charge is 0.355 e. The van der Waals surface area contributed by atoms with Crippen molar-refractivity contribution in [2.75, 3.05) is 14.1 Å². The highest BCUT2D eigenvalue weighted by Gasteiger charge is 2.21. The van der Waals surface area contributed by atoms with E-state index in [9.17, 15) is 20.0 Å². The molecular formula is C31H29ClN4O3. The van der Waals surface area contributed by atoms with Gasteiger partial charge in [0.25, 0.3) is 5.91 Å². The highest BCUT2D eigenvalue weighted by molar-refractivity contribution is 6.32. The van der Waals surface area contributed by atoms with Crippen LogP contribution >= 0.6 is 11.6 Å². The van der Waals surface area contributed by atoms with Gasteiger partial charge in [-0.05, 0) is 52.9 Å². The Kier molecular flexibility index (Phi) is 8.48. The molecular weight excluding hydrogens is 512 g/mol. The predicted octanol–water partition coefficient (Wildman–Crippen LogP) is 6.53. The van der Waals surface area contributed by atoms with E-state index < -0.39 is 5.97 Å². The van der Waals surface area contributed by atoms with Crippen LogP contribution in [0.15, 0.2) is 66.7 Å². The average molecular weight is 541 g/mol. The van der Waals surface area contributed by atoms with E-state index in [0.717, 1.165) is 40.7 Å². The summed E-state index contributed by atoms with van der Waals surface area (Å²) >= 11 is 6.17. The maximum atomic E-state index is 12.2. The van der Waals surface area contributed by atoms with Crippen molar-refractivity contribution in [1.82, 2.24) is 14.5 Å². The quantitative estimate of drug-likeness (QED) is 0.260. The largest absolute Gasteiger partial charge is 0.476 e. The number of carboxylic acid groups (broad SMARTS) is 1. The zero-order valence-electron chi connectivity index (χ0n) is 22.1. The molecule has 7 nitrogen and oxygen atoms in total. The number of carbonyl (C=O) groups is 2. The van der Waals surface area contributed by atoms with Crippen LogP contribution in [0.1, 0.15) is 57.6 Å². The van der Waals surface area contributed by atoms with Gasteiger partial charge in [0.15, 0.2) is 10.8 Å². The normalized spacial score (nSPS) is 10.7. The first-order chi connectivity index (χ1) is 18.7. The molecule has 4 rings (SSSR count). The lowest BCUT2D eigenvalue weighted by molar-refractivity contribution is 0.0685. The van der Waals surface area contributed by atoms with Gasteiger partial charge in [-0.3, -0.25) is 4.79 Å². The second kappa shape index (κ2) is 12.0. The molecule has 4 aromatic rings. The summed E-state index contributed by atoms with van der Waals surface area (Å²) in [4.78, 5) is 29.9. The monoisotopic (exact) mass is 540 g/mol. The number of unbranched alkanes of at least 4 members (excludes halogenated alkanes) is 1. The third kappa shape index (κ3) is 6.02. The first kappa shape index (κ1) is 27.6. The second-order valence-corrected chi connectivity index (χ2v) is 9.87. The Hall–Kier alpha value is -4.41. The van der Waals surface area contributed by atoms with Crippen LogP contribution in [0.5, 0.6) is 0 Å². The lowest BCUT2D eigenvalue weighted by Crippen LogP contribution is -2.21. The van der Waals surface area contributed by atoms with E-state index in [4.69, 9.17) is 11.6 Å². The van der Waals surface area contributed by atoms with Gasteiger partial charge >= 0.3 is 5.97 Å². The van der Waals surface area contributed by atoms with Crippen molar-refractivity contribution in [2.24, 2.45) is 0 Å². The van der Waals surface area contributed by atoms with Crippen LogP contribution in [0.2, 0.25) is 5.15 Å². The molecule has 1 N–H and O–H groups in total. The summed E-state index contributed by atoms with van der Waals surface area (Å²) in [5, 5.41) is 19.5. The number of benzene rings is 3. The molecule has 0 aliphatic heterocycles. The fraction of sp³-hybridized carbons (Fsp3) is 0.226. The molecule has 1 aromatic heterocycles. The number of hydrogen-bond donors (Lipinski definition) is 1. The van der Waals surface area contributed by atoms with E-state index >= 15 is 0 Å². The summed E-state index contributed by atoms with van der Waals surface area (Å²) < 4.78 is 1.67. The zero-order chi connectivity index (χ0) is 28.1. The third-order valence-electron chi connectivity index (χ3n) is 6.58. The van der Waals surface area contributed by atoms with Gasteiger partial charge in [-0.25, -0.2) is 9.78 Å². The van der Waals surface area contributed by atoms with Crippen molar-refractivity contribution in [1.29, 1.82) is 5.26 Å². The van der Waals surface area contributed by atoms with Crippen LogP contribution < -0.4 is 0 Å². The summed E-state index contributed by atoms with van der Waals surface area (Å²) in [5.74, 6) is -0.518. The molecule has 1 amide bonds. The molecule has 0 atom stereocenters. The number of aromatic carboxylic acids is 1. The van der Waals surface area contributed by atoms with Gasteiger partial charge in [-0.15, -0.1) is 0 Å². The van der Waals surface area contributed by atoms with Gasteiger partial charge in [-0.2, -0.15) is 5.26 Å². The fourth-order valence-electron chi connectivity index (χ4n) is 4.46. The van der Waals surface area contributed by atoms with Gasteiger partial charge in [0.1, 0.15) is 5.82 Å². The third-order valence-corrected chi connectivity index (χ3v) is 6.84. The molecule has 0 unspecified atom stereocenters. The molecule has 0 spiro atoms. The van der Waals surface area contributed by atoms with E-state index in [0.29, 0.717) is 29.9 Å². The standard InChI is InChI=1S/C31H29ClN4O3/c1-4-5-6-27-34-29(32)28(31(38)39)36(27)19-20-7-9-22(10-8-20)26-17-24(15-16-25(26)18-33)21-11-13-23(14-12-21)30(37)35(2)3/h7-17H,4-6,19H2,1-3H3,(H,38,39). The Bertz CT molecular complexity index is 1550. The van der Waals surface area contributed by atoms with Gasteiger partial charge in [0, 0.05) is 38.2 Å². The Morgan fingerprint density at radius 1 is 1.00 bits per heavy atom. The van der Waals surface area contributed by atoms with Crippen LogP contribution in [-0.2, 0) is 13.0 Å². The number of aryl methyl sites for hydroxylation is 1. The topological polar surface area (TPSA) is 99.2 Å². The molecule has 198 valence electrons. The molecule has 3 aromatic carbocycles. The van der Waals surface area contributed by atoms with Gasteiger partial charge in [-0.1, -0.05) is 67.4 Å². The van der Waals surface area contributed by atoms with Gasteiger partial charge < -0.3 is 14.6 Å². The number of nitrogens with zero attached hydrogens (tertiary/aromatic N) is 4. The predicted molar refractivity (Wildman–Crippen MR) is 152 cm³/mol. The first-order valence-corrected chi connectivity index (χ1v) is 13.0. The SMILES string of the molecule is CCCCc1nc(Cl)c(C(=O)O)n1Cc1ccc(-c2cc(-c3ccc(C(=O)N(C)C)cc3)ccc2C#N)cc1. The minimum atomic E-state index is -1.11. The van der Waals surface area contributed by atoms with Crippen molar-refractivity contribution in [2.45, 2.75) is 32.7 Å². The Labute approximate surface area is 232 Å². The van der Waals surface area contributed by atoms with E-state index in [2.05, 4.69) is 18.0 Å². The molecule has 0 saturated heterocycles. The molecule has 8 heteroatoms. The van der Waals surface area contributed by atoms with Crippen molar-refractivity contribution in [3.05, 3.63) is 100 Å². The maximum Gasteiger partial charge on any atom is 0.355 e. The highest BCUT2D eigenvalue weighted by atomic mass is 35.5. The van der Waals surface area contributed by atoms with E-state index in [1.165, 1.54) is 4.90 Å². The molecule has 39 heavy (non-hydrogen) atoms. The Balaban J connectivity index is 1.64. The van der Waals surface area contributed by atoms with Crippen LogP contribution in [-0.4, -0.2) is 45.5 Å². The van der Waals surface area contributed by atoms with Crippen LogP contribution in [0.4, 0.5) is 0 Å². The number of nitriles is 1.